The molecule has 0 saturated heterocycles. The number of hydrogen-bond acceptors (Lipinski definition) is 2. The summed E-state index contributed by atoms with van der Waals surface area (Å²) in [5, 5.41) is 0. The Labute approximate surface area is 156 Å². The molecule has 1 saturated carbocycles. The van der Waals surface area contributed by atoms with Gasteiger partial charge in [-0.1, -0.05) is 89.6 Å². The predicted octanol–water partition coefficient (Wildman–Crippen LogP) is 6.88. The summed E-state index contributed by atoms with van der Waals surface area (Å²) in [5.41, 5.74) is 1.37. The normalized spacial score (nSPS) is 23.0. The molecule has 3 heteroatoms. The molecule has 1 aromatic carbocycles. The highest BCUT2D eigenvalue weighted by molar-refractivity contribution is 6.74. The molecular formula is C22H38O2Si. The molecule has 2 atom stereocenters. The lowest BCUT2D eigenvalue weighted by atomic mass is 10.1. The molecule has 2 nitrogen and oxygen atoms in total. The number of unbranched alkanes of at least 4 members (excludes halogenated alkanes) is 3. The Morgan fingerprint density at radius 3 is 1.88 bits per heavy atom. The van der Waals surface area contributed by atoms with E-state index in [0.29, 0.717) is 5.92 Å². The van der Waals surface area contributed by atoms with E-state index in [0.717, 1.165) is 6.42 Å². The van der Waals surface area contributed by atoms with Gasteiger partial charge < -0.3 is 9.16 Å². The van der Waals surface area contributed by atoms with Crippen LogP contribution < -0.4 is 0 Å². The molecule has 25 heavy (non-hydrogen) atoms. The summed E-state index contributed by atoms with van der Waals surface area (Å²) in [6, 6.07) is 14.7. The summed E-state index contributed by atoms with van der Waals surface area (Å²) in [6.07, 6.45) is 8.71. The predicted molar refractivity (Wildman–Crippen MR) is 110 cm³/mol. The maximum absolute atomic E-state index is 7.08. The Morgan fingerprint density at radius 2 is 1.44 bits per heavy atom. The van der Waals surface area contributed by atoms with E-state index in [9.17, 15) is 0 Å². The molecule has 0 N–H and O–H groups in total. The van der Waals surface area contributed by atoms with E-state index < -0.39 is 8.32 Å². The summed E-state index contributed by atoms with van der Waals surface area (Å²) >= 11 is 0. The molecule has 0 radical (unpaired) electrons. The topological polar surface area (TPSA) is 18.5 Å². The lowest BCUT2D eigenvalue weighted by Gasteiger charge is -2.36. The van der Waals surface area contributed by atoms with E-state index in [1.54, 1.807) is 0 Å². The SMILES string of the molecule is CCCC[Si](CCCC)(CCCC)O[C@@]1(OC)C[C@@H]1c1ccccc1. The largest absolute Gasteiger partial charge is 0.389 e. The molecule has 1 fully saturated rings. The second-order valence-electron chi connectivity index (χ2n) is 7.78. The van der Waals surface area contributed by atoms with Gasteiger partial charge in [0.15, 0.2) is 14.1 Å². The van der Waals surface area contributed by atoms with Crippen LogP contribution in [-0.2, 0) is 9.16 Å². The fraction of sp³-hybridized carbons (Fsp3) is 0.727. The van der Waals surface area contributed by atoms with E-state index in [-0.39, 0.29) is 5.79 Å². The minimum Gasteiger partial charge on any atom is -0.389 e. The van der Waals surface area contributed by atoms with Crippen LogP contribution in [-0.4, -0.2) is 21.2 Å². The Balaban J connectivity index is 2.17. The van der Waals surface area contributed by atoms with Crippen molar-refractivity contribution in [2.75, 3.05) is 7.11 Å². The van der Waals surface area contributed by atoms with Crippen LogP contribution in [0.3, 0.4) is 0 Å². The standard InChI is InChI=1S/C22H38O2Si/c1-5-8-16-25(17-9-6-2,18-10-7-3)24-22(23-4)19-21(22)20-14-12-11-13-15-20/h11-15,21H,5-10,16-19H2,1-4H3/t21-,22+/m1/s1. The highest BCUT2D eigenvalue weighted by Gasteiger charge is 2.60. The molecule has 1 aliphatic carbocycles. The van der Waals surface area contributed by atoms with E-state index in [1.807, 2.05) is 7.11 Å². The van der Waals surface area contributed by atoms with Gasteiger partial charge in [0, 0.05) is 19.4 Å². The lowest BCUT2D eigenvalue weighted by Crippen LogP contribution is -2.44. The quantitative estimate of drug-likeness (QED) is 0.281. The van der Waals surface area contributed by atoms with Crippen molar-refractivity contribution in [3.63, 3.8) is 0 Å². The molecule has 0 heterocycles. The smallest absolute Gasteiger partial charge is 0.196 e. The van der Waals surface area contributed by atoms with Gasteiger partial charge in [0.2, 0.25) is 0 Å². The van der Waals surface area contributed by atoms with Gasteiger partial charge in [-0.15, -0.1) is 0 Å². The van der Waals surface area contributed by atoms with Gasteiger partial charge in [-0.25, -0.2) is 0 Å². The molecule has 0 aromatic heterocycles. The van der Waals surface area contributed by atoms with Gasteiger partial charge in [0.1, 0.15) is 0 Å². The molecule has 0 bridgehead atoms. The summed E-state index contributed by atoms with van der Waals surface area (Å²) in [6.45, 7) is 6.90. The molecule has 2 rings (SSSR count). The minimum atomic E-state index is -1.75. The second kappa shape index (κ2) is 9.89. The van der Waals surface area contributed by atoms with Crippen LogP contribution in [0.2, 0.25) is 18.1 Å². The first-order valence-corrected chi connectivity index (χ1v) is 13.0. The van der Waals surface area contributed by atoms with Gasteiger partial charge in [0.05, 0.1) is 0 Å². The highest BCUT2D eigenvalue weighted by Crippen LogP contribution is 2.57. The molecule has 1 aliphatic rings. The zero-order valence-electron chi connectivity index (χ0n) is 16.9. The van der Waals surface area contributed by atoms with Gasteiger partial charge in [-0.05, 0) is 23.7 Å². The molecule has 0 spiro atoms. The van der Waals surface area contributed by atoms with Gasteiger partial charge >= 0.3 is 0 Å². The van der Waals surface area contributed by atoms with Crippen LogP contribution in [0.5, 0.6) is 0 Å². The summed E-state index contributed by atoms with van der Waals surface area (Å²) in [5.74, 6) is 0.0680. The molecule has 142 valence electrons. The zero-order chi connectivity index (χ0) is 18.2. The van der Waals surface area contributed by atoms with Crippen molar-refractivity contribution in [2.24, 2.45) is 0 Å². The van der Waals surface area contributed by atoms with Crippen molar-refractivity contribution in [3.05, 3.63) is 35.9 Å². The van der Waals surface area contributed by atoms with Crippen LogP contribution >= 0.6 is 0 Å². The van der Waals surface area contributed by atoms with E-state index >= 15 is 0 Å². The summed E-state index contributed by atoms with van der Waals surface area (Å²) in [4.78, 5) is 0. The first-order valence-electron chi connectivity index (χ1n) is 10.5. The number of ether oxygens (including phenoxy) is 1. The van der Waals surface area contributed by atoms with Crippen molar-refractivity contribution in [1.29, 1.82) is 0 Å². The number of rotatable bonds is 13. The summed E-state index contributed by atoms with van der Waals surface area (Å²) < 4.78 is 13.1. The number of hydrogen-bond donors (Lipinski definition) is 0. The minimum absolute atomic E-state index is 0.344. The third-order valence-corrected chi connectivity index (χ3v) is 10.3. The number of benzene rings is 1. The lowest BCUT2D eigenvalue weighted by molar-refractivity contribution is -0.0932. The van der Waals surface area contributed by atoms with Crippen molar-refractivity contribution >= 4 is 8.32 Å². The first kappa shape index (κ1) is 20.7. The van der Waals surface area contributed by atoms with Crippen LogP contribution in [0.4, 0.5) is 0 Å². The van der Waals surface area contributed by atoms with Crippen molar-refractivity contribution in [3.8, 4) is 0 Å². The average molecular weight is 363 g/mol. The molecule has 1 aromatic rings. The van der Waals surface area contributed by atoms with Crippen molar-refractivity contribution in [2.45, 2.75) is 95.6 Å². The third-order valence-electron chi connectivity index (χ3n) is 5.75. The Bertz CT molecular complexity index is 468. The fourth-order valence-corrected chi connectivity index (χ4v) is 9.15. The Hall–Kier alpha value is -0.643. The highest BCUT2D eigenvalue weighted by atomic mass is 28.4. The Kier molecular flexibility index (Phi) is 8.18. The maximum Gasteiger partial charge on any atom is 0.196 e. The number of methoxy groups -OCH3 is 1. The average Bonchev–Trinajstić information content (AvgIpc) is 3.38. The van der Waals surface area contributed by atoms with E-state index in [1.165, 1.54) is 62.2 Å². The summed E-state index contributed by atoms with van der Waals surface area (Å²) in [7, 11) is 0.0968. The Morgan fingerprint density at radius 1 is 0.920 bits per heavy atom. The van der Waals surface area contributed by atoms with Crippen molar-refractivity contribution < 1.29 is 9.16 Å². The third kappa shape index (κ3) is 5.41. The van der Waals surface area contributed by atoms with Crippen LogP contribution in [0.25, 0.3) is 0 Å². The zero-order valence-corrected chi connectivity index (χ0v) is 17.9. The molecule has 0 aliphatic heterocycles. The van der Waals surface area contributed by atoms with Crippen LogP contribution in [0.1, 0.15) is 77.2 Å². The first-order chi connectivity index (χ1) is 12.2. The van der Waals surface area contributed by atoms with Crippen LogP contribution in [0.15, 0.2) is 30.3 Å². The fourth-order valence-electron chi connectivity index (χ4n) is 4.05. The maximum atomic E-state index is 7.08. The van der Waals surface area contributed by atoms with Gasteiger partial charge in [-0.2, -0.15) is 0 Å². The van der Waals surface area contributed by atoms with Gasteiger partial charge in [0.25, 0.3) is 0 Å². The molecule has 0 amide bonds. The van der Waals surface area contributed by atoms with E-state index in [2.05, 4.69) is 51.1 Å². The van der Waals surface area contributed by atoms with Crippen molar-refractivity contribution in [1.82, 2.24) is 0 Å². The van der Waals surface area contributed by atoms with Crippen LogP contribution in [0, 0.1) is 0 Å². The molecular weight excluding hydrogens is 324 g/mol. The molecule has 0 unspecified atom stereocenters. The second-order valence-corrected chi connectivity index (χ2v) is 11.8. The monoisotopic (exact) mass is 362 g/mol. The van der Waals surface area contributed by atoms with E-state index in [4.69, 9.17) is 9.16 Å². The van der Waals surface area contributed by atoms with Gasteiger partial charge in [-0.3, -0.25) is 0 Å².